The molecule has 0 amide bonds. The monoisotopic (exact) mass is 353 g/mol. The SMILES string of the molecule is CCCCCCN=c1cc(-c2ccccc2Cl)oc2ccc(C)cc12. The van der Waals surface area contributed by atoms with Crippen LogP contribution in [-0.4, -0.2) is 6.54 Å². The van der Waals surface area contributed by atoms with E-state index in [0.717, 1.165) is 40.6 Å². The second-order valence-electron chi connectivity index (χ2n) is 6.42. The summed E-state index contributed by atoms with van der Waals surface area (Å²) < 4.78 is 6.12. The molecule has 0 saturated heterocycles. The Morgan fingerprint density at radius 3 is 2.64 bits per heavy atom. The van der Waals surface area contributed by atoms with Gasteiger partial charge in [-0.05, 0) is 37.6 Å². The molecule has 0 bridgehead atoms. The fraction of sp³-hybridized carbons (Fsp3) is 0.318. The maximum absolute atomic E-state index is 6.36. The highest BCUT2D eigenvalue weighted by Gasteiger charge is 2.09. The first-order chi connectivity index (χ1) is 12.2. The van der Waals surface area contributed by atoms with Crippen LogP contribution in [0.4, 0.5) is 0 Å². The molecule has 130 valence electrons. The van der Waals surface area contributed by atoms with E-state index in [1.165, 1.54) is 24.8 Å². The van der Waals surface area contributed by atoms with Crippen LogP contribution in [0.5, 0.6) is 0 Å². The Morgan fingerprint density at radius 1 is 1.00 bits per heavy atom. The van der Waals surface area contributed by atoms with Gasteiger partial charge in [-0.2, -0.15) is 0 Å². The van der Waals surface area contributed by atoms with Crippen LogP contribution in [-0.2, 0) is 0 Å². The third kappa shape index (κ3) is 4.32. The smallest absolute Gasteiger partial charge is 0.138 e. The first-order valence-electron chi connectivity index (χ1n) is 8.99. The summed E-state index contributed by atoms with van der Waals surface area (Å²) in [6.45, 7) is 5.16. The lowest BCUT2D eigenvalue weighted by Crippen LogP contribution is -2.05. The molecule has 3 rings (SSSR count). The van der Waals surface area contributed by atoms with E-state index in [0.29, 0.717) is 5.02 Å². The number of nitrogens with zero attached hydrogens (tertiary/aromatic N) is 1. The van der Waals surface area contributed by atoms with Crippen molar-refractivity contribution in [3.05, 3.63) is 64.5 Å². The molecular formula is C22H24ClNO. The molecule has 2 aromatic carbocycles. The summed E-state index contributed by atoms with van der Waals surface area (Å²) in [6.07, 6.45) is 4.85. The van der Waals surface area contributed by atoms with Crippen molar-refractivity contribution in [2.75, 3.05) is 6.54 Å². The number of rotatable bonds is 6. The number of hydrogen-bond acceptors (Lipinski definition) is 2. The van der Waals surface area contributed by atoms with Crippen molar-refractivity contribution in [2.24, 2.45) is 4.99 Å². The zero-order chi connectivity index (χ0) is 17.6. The standard InChI is InChI=1S/C22H24ClNO/c1-3-4-5-8-13-24-20-15-22(17-9-6-7-10-19(17)23)25-21-12-11-16(2)14-18(20)21/h6-7,9-12,14-15H,3-5,8,13H2,1-2H3. The van der Waals surface area contributed by atoms with E-state index in [1.807, 2.05) is 36.4 Å². The molecule has 0 aliphatic heterocycles. The minimum absolute atomic E-state index is 0.687. The second-order valence-corrected chi connectivity index (χ2v) is 6.82. The van der Waals surface area contributed by atoms with Gasteiger partial charge < -0.3 is 4.42 Å². The lowest BCUT2D eigenvalue weighted by Gasteiger charge is -2.07. The highest BCUT2D eigenvalue weighted by molar-refractivity contribution is 6.33. The quantitative estimate of drug-likeness (QED) is 0.462. The fourth-order valence-corrected chi connectivity index (χ4v) is 3.17. The largest absolute Gasteiger partial charge is 0.456 e. The van der Waals surface area contributed by atoms with E-state index in [2.05, 4.69) is 26.0 Å². The van der Waals surface area contributed by atoms with Crippen molar-refractivity contribution < 1.29 is 4.42 Å². The molecular weight excluding hydrogens is 330 g/mol. The van der Waals surface area contributed by atoms with Crippen molar-refractivity contribution >= 4 is 22.6 Å². The fourth-order valence-electron chi connectivity index (χ4n) is 2.95. The molecule has 0 fully saturated rings. The normalized spacial score (nSPS) is 12.0. The minimum atomic E-state index is 0.687. The number of benzene rings is 2. The van der Waals surface area contributed by atoms with Gasteiger partial charge in [0, 0.05) is 23.6 Å². The van der Waals surface area contributed by atoms with Gasteiger partial charge in [0.1, 0.15) is 11.3 Å². The molecule has 0 unspecified atom stereocenters. The molecule has 0 saturated carbocycles. The third-order valence-corrected chi connectivity index (χ3v) is 4.66. The van der Waals surface area contributed by atoms with Gasteiger partial charge in [-0.15, -0.1) is 0 Å². The van der Waals surface area contributed by atoms with Crippen LogP contribution in [0.3, 0.4) is 0 Å². The van der Waals surface area contributed by atoms with Gasteiger partial charge in [0.15, 0.2) is 0 Å². The average Bonchev–Trinajstić information content (AvgIpc) is 2.62. The Labute approximate surface area is 154 Å². The molecule has 0 N–H and O–H groups in total. The van der Waals surface area contributed by atoms with Crippen molar-refractivity contribution in [1.29, 1.82) is 0 Å². The van der Waals surface area contributed by atoms with Gasteiger partial charge in [-0.1, -0.05) is 61.5 Å². The Morgan fingerprint density at radius 2 is 1.84 bits per heavy atom. The van der Waals surface area contributed by atoms with Crippen molar-refractivity contribution in [3.63, 3.8) is 0 Å². The first-order valence-corrected chi connectivity index (χ1v) is 9.36. The summed E-state index contributed by atoms with van der Waals surface area (Å²) in [4.78, 5) is 4.86. The molecule has 0 aliphatic rings. The summed E-state index contributed by atoms with van der Waals surface area (Å²) in [5, 5.41) is 2.73. The predicted octanol–water partition coefficient (Wildman–Crippen LogP) is 6.54. The number of fused-ring (bicyclic) bond motifs is 1. The van der Waals surface area contributed by atoms with E-state index in [9.17, 15) is 0 Å². The highest BCUT2D eigenvalue weighted by Crippen LogP contribution is 2.28. The summed E-state index contributed by atoms with van der Waals surface area (Å²) >= 11 is 6.36. The minimum Gasteiger partial charge on any atom is -0.456 e. The summed E-state index contributed by atoms with van der Waals surface area (Å²) in [5.74, 6) is 0.759. The zero-order valence-corrected chi connectivity index (χ0v) is 15.6. The zero-order valence-electron chi connectivity index (χ0n) is 14.9. The van der Waals surface area contributed by atoms with Crippen LogP contribution in [0.25, 0.3) is 22.3 Å². The van der Waals surface area contributed by atoms with E-state index in [1.54, 1.807) is 0 Å². The lowest BCUT2D eigenvalue weighted by atomic mass is 10.1. The number of unbranched alkanes of at least 4 members (excludes halogenated alkanes) is 3. The van der Waals surface area contributed by atoms with Crippen molar-refractivity contribution in [2.45, 2.75) is 39.5 Å². The van der Waals surface area contributed by atoms with Gasteiger partial charge in [0.2, 0.25) is 0 Å². The number of aryl methyl sites for hydroxylation is 1. The van der Waals surface area contributed by atoms with E-state index in [-0.39, 0.29) is 0 Å². The maximum Gasteiger partial charge on any atom is 0.138 e. The highest BCUT2D eigenvalue weighted by atomic mass is 35.5. The van der Waals surface area contributed by atoms with E-state index in [4.69, 9.17) is 21.0 Å². The Hall–Kier alpha value is -2.06. The van der Waals surface area contributed by atoms with Crippen molar-refractivity contribution in [1.82, 2.24) is 0 Å². The molecule has 3 aromatic rings. The molecule has 2 nitrogen and oxygen atoms in total. The van der Waals surface area contributed by atoms with Crippen molar-refractivity contribution in [3.8, 4) is 11.3 Å². The van der Waals surface area contributed by atoms with E-state index >= 15 is 0 Å². The number of hydrogen-bond donors (Lipinski definition) is 0. The molecule has 0 aliphatic carbocycles. The molecule has 0 spiro atoms. The third-order valence-electron chi connectivity index (χ3n) is 4.33. The van der Waals surface area contributed by atoms with Gasteiger partial charge >= 0.3 is 0 Å². The summed E-state index contributed by atoms with van der Waals surface area (Å²) in [5.41, 5.74) is 2.94. The summed E-state index contributed by atoms with van der Waals surface area (Å²) in [6, 6.07) is 16.0. The Balaban J connectivity index is 2.07. The van der Waals surface area contributed by atoms with E-state index < -0.39 is 0 Å². The predicted molar refractivity (Wildman–Crippen MR) is 106 cm³/mol. The van der Waals surface area contributed by atoms with Crippen LogP contribution in [0.15, 0.2) is 57.9 Å². The Bertz CT molecular complexity index is 927. The molecule has 3 heteroatoms. The molecule has 1 aromatic heterocycles. The van der Waals surface area contributed by atoms with Crippen LogP contribution in [0.2, 0.25) is 5.02 Å². The molecule has 0 radical (unpaired) electrons. The second kappa shape index (κ2) is 8.35. The van der Waals surface area contributed by atoms with Crippen LogP contribution < -0.4 is 5.36 Å². The summed E-state index contributed by atoms with van der Waals surface area (Å²) in [7, 11) is 0. The first kappa shape index (κ1) is 17.8. The van der Waals surface area contributed by atoms with Gasteiger partial charge in [0.05, 0.1) is 10.4 Å². The van der Waals surface area contributed by atoms with Gasteiger partial charge in [-0.3, -0.25) is 4.99 Å². The van der Waals surface area contributed by atoms with Gasteiger partial charge in [0.25, 0.3) is 0 Å². The number of halogens is 1. The molecule has 25 heavy (non-hydrogen) atoms. The Kier molecular flexibility index (Phi) is 5.93. The average molecular weight is 354 g/mol. The van der Waals surface area contributed by atoms with Gasteiger partial charge in [-0.25, -0.2) is 0 Å². The molecule has 0 atom stereocenters. The van der Waals surface area contributed by atoms with Crippen LogP contribution >= 0.6 is 11.6 Å². The lowest BCUT2D eigenvalue weighted by molar-refractivity contribution is 0.617. The topological polar surface area (TPSA) is 25.5 Å². The van der Waals surface area contributed by atoms with Crippen LogP contribution in [0.1, 0.15) is 38.2 Å². The molecule has 1 heterocycles. The maximum atomic E-state index is 6.36. The van der Waals surface area contributed by atoms with Crippen LogP contribution in [0, 0.1) is 6.92 Å².